The van der Waals surface area contributed by atoms with E-state index < -0.39 is 0 Å². The molecule has 63 valence electrons. The maximum atomic E-state index is 3.93. The molecule has 0 unspecified atom stereocenters. The standard InChI is InChI=1S/C12H14.Li/c1-9(2)11-7-5-6-8-12(11)10(3)4;/h5-8H,1,3H2,2,4H3;. The Labute approximate surface area is 92.5 Å². The Kier molecular flexibility index (Phi) is 4.84. The maximum absolute atomic E-state index is 3.93. The summed E-state index contributed by atoms with van der Waals surface area (Å²) in [5.74, 6) is 0. The van der Waals surface area contributed by atoms with Gasteiger partial charge in [-0.25, -0.2) is 0 Å². The van der Waals surface area contributed by atoms with Gasteiger partial charge in [0, 0.05) is 18.9 Å². The number of hydrogen-bond donors (Lipinski definition) is 0. The zero-order chi connectivity index (χ0) is 9.14. The van der Waals surface area contributed by atoms with E-state index in [-0.39, 0.29) is 18.9 Å². The van der Waals surface area contributed by atoms with Crippen LogP contribution >= 0.6 is 0 Å². The third kappa shape index (κ3) is 2.92. The Morgan fingerprint density at radius 2 is 1.23 bits per heavy atom. The minimum atomic E-state index is 0. The van der Waals surface area contributed by atoms with E-state index in [9.17, 15) is 0 Å². The average Bonchev–Trinajstić information content (AvgIpc) is 2.04. The molecule has 0 aliphatic rings. The predicted molar refractivity (Wildman–Crippen MR) is 61.6 cm³/mol. The first-order valence-electron chi connectivity index (χ1n) is 4.03. The van der Waals surface area contributed by atoms with E-state index in [0.29, 0.717) is 0 Å². The fraction of sp³-hybridized carbons (Fsp3) is 0.167. The molecule has 1 radical (unpaired) electrons. The van der Waals surface area contributed by atoms with Gasteiger partial charge in [-0.2, -0.15) is 0 Å². The van der Waals surface area contributed by atoms with Crippen LogP contribution in [0.2, 0.25) is 0 Å². The van der Waals surface area contributed by atoms with Crippen molar-refractivity contribution in [3.8, 4) is 0 Å². The van der Waals surface area contributed by atoms with E-state index >= 15 is 0 Å². The van der Waals surface area contributed by atoms with Gasteiger partial charge in [-0.1, -0.05) is 48.6 Å². The molecule has 0 nitrogen and oxygen atoms in total. The fourth-order valence-corrected chi connectivity index (χ4v) is 1.23. The predicted octanol–water partition coefficient (Wildman–Crippen LogP) is 3.37. The molecule has 0 bridgehead atoms. The first-order chi connectivity index (χ1) is 5.63. The zero-order valence-electron chi connectivity index (χ0n) is 8.72. The summed E-state index contributed by atoms with van der Waals surface area (Å²) in [5, 5.41) is 0. The summed E-state index contributed by atoms with van der Waals surface area (Å²) < 4.78 is 0. The van der Waals surface area contributed by atoms with Crippen molar-refractivity contribution in [2.75, 3.05) is 0 Å². The van der Waals surface area contributed by atoms with Gasteiger partial charge >= 0.3 is 0 Å². The molecule has 0 heterocycles. The van der Waals surface area contributed by atoms with Crippen LogP contribution in [0.5, 0.6) is 0 Å². The van der Waals surface area contributed by atoms with Crippen LogP contribution in [0.15, 0.2) is 37.4 Å². The molecule has 0 saturated carbocycles. The average molecular weight is 165 g/mol. The number of benzene rings is 1. The second-order valence-corrected chi connectivity index (χ2v) is 3.11. The van der Waals surface area contributed by atoms with Crippen LogP contribution in [-0.4, -0.2) is 18.9 Å². The largest absolute Gasteiger partial charge is 0.0955 e. The first kappa shape index (κ1) is 12.3. The molecule has 0 aliphatic carbocycles. The summed E-state index contributed by atoms with van der Waals surface area (Å²) in [6.07, 6.45) is 0. The Hall–Kier alpha value is -0.703. The third-order valence-corrected chi connectivity index (χ3v) is 1.85. The molecule has 0 N–H and O–H groups in total. The molecule has 0 spiro atoms. The molecule has 1 heteroatoms. The molecule has 0 amide bonds. The topological polar surface area (TPSA) is 0 Å². The van der Waals surface area contributed by atoms with Crippen molar-refractivity contribution in [2.24, 2.45) is 0 Å². The summed E-state index contributed by atoms with van der Waals surface area (Å²) in [5.41, 5.74) is 4.58. The molecule has 0 saturated heterocycles. The SMILES string of the molecule is C=C(C)c1ccccc1C(=C)C.[Li]. The van der Waals surface area contributed by atoms with Crippen molar-refractivity contribution in [3.63, 3.8) is 0 Å². The molecule has 0 fully saturated rings. The number of rotatable bonds is 2. The van der Waals surface area contributed by atoms with Crippen molar-refractivity contribution >= 4 is 30.0 Å². The Bertz CT molecular complexity index is 291. The minimum absolute atomic E-state index is 0. The molecule has 0 aliphatic heterocycles. The van der Waals surface area contributed by atoms with E-state index in [0.717, 1.165) is 11.1 Å². The molecule has 1 aromatic carbocycles. The molecule has 1 rings (SSSR count). The van der Waals surface area contributed by atoms with Gasteiger partial charge in [-0.15, -0.1) is 0 Å². The van der Waals surface area contributed by atoms with Crippen molar-refractivity contribution < 1.29 is 0 Å². The van der Waals surface area contributed by atoms with Crippen LogP contribution in [0.3, 0.4) is 0 Å². The zero-order valence-corrected chi connectivity index (χ0v) is 8.72. The molecular formula is C12H14Li. The second kappa shape index (κ2) is 5.12. The summed E-state index contributed by atoms with van der Waals surface area (Å²) in [6, 6.07) is 8.20. The van der Waals surface area contributed by atoms with Gasteiger partial charge in [0.15, 0.2) is 0 Å². The quantitative estimate of drug-likeness (QED) is 0.589. The molecular weight excluding hydrogens is 151 g/mol. The van der Waals surface area contributed by atoms with Crippen LogP contribution in [0.1, 0.15) is 25.0 Å². The van der Waals surface area contributed by atoms with Gasteiger partial charge < -0.3 is 0 Å². The summed E-state index contributed by atoms with van der Waals surface area (Å²) in [6.45, 7) is 11.9. The van der Waals surface area contributed by atoms with E-state index in [1.54, 1.807) is 0 Å². The molecule has 0 atom stereocenters. The first-order valence-corrected chi connectivity index (χ1v) is 4.03. The van der Waals surface area contributed by atoms with Crippen molar-refractivity contribution in [3.05, 3.63) is 48.6 Å². The van der Waals surface area contributed by atoms with Crippen LogP contribution in [0.25, 0.3) is 11.1 Å². The van der Waals surface area contributed by atoms with Crippen LogP contribution in [-0.2, 0) is 0 Å². The van der Waals surface area contributed by atoms with Gasteiger partial charge in [0.25, 0.3) is 0 Å². The van der Waals surface area contributed by atoms with Gasteiger partial charge in [-0.05, 0) is 25.0 Å². The van der Waals surface area contributed by atoms with Crippen molar-refractivity contribution in [2.45, 2.75) is 13.8 Å². The van der Waals surface area contributed by atoms with Crippen LogP contribution < -0.4 is 0 Å². The molecule has 0 aromatic heterocycles. The fourth-order valence-electron chi connectivity index (χ4n) is 1.23. The van der Waals surface area contributed by atoms with Gasteiger partial charge in [0.05, 0.1) is 0 Å². The smallest absolute Gasteiger partial charge is 0 e. The van der Waals surface area contributed by atoms with Gasteiger partial charge in [0.2, 0.25) is 0 Å². The minimum Gasteiger partial charge on any atom is -0.0955 e. The third-order valence-electron chi connectivity index (χ3n) is 1.85. The summed E-state index contributed by atoms with van der Waals surface area (Å²) in [4.78, 5) is 0. The Balaban J connectivity index is 0.00000144. The Morgan fingerprint density at radius 1 is 0.923 bits per heavy atom. The van der Waals surface area contributed by atoms with Gasteiger partial charge in [0.1, 0.15) is 0 Å². The van der Waals surface area contributed by atoms with Crippen molar-refractivity contribution in [1.82, 2.24) is 0 Å². The van der Waals surface area contributed by atoms with Crippen LogP contribution in [0, 0.1) is 0 Å². The maximum Gasteiger partial charge on any atom is 0 e. The summed E-state index contributed by atoms with van der Waals surface area (Å²) in [7, 11) is 0. The van der Waals surface area contributed by atoms with Crippen LogP contribution in [0.4, 0.5) is 0 Å². The van der Waals surface area contributed by atoms with E-state index in [1.807, 2.05) is 26.0 Å². The number of hydrogen-bond acceptors (Lipinski definition) is 0. The van der Waals surface area contributed by atoms with E-state index in [1.165, 1.54) is 11.1 Å². The Morgan fingerprint density at radius 3 is 1.46 bits per heavy atom. The monoisotopic (exact) mass is 165 g/mol. The molecule has 1 aromatic rings. The summed E-state index contributed by atoms with van der Waals surface area (Å²) >= 11 is 0. The van der Waals surface area contributed by atoms with E-state index in [2.05, 4.69) is 25.3 Å². The van der Waals surface area contributed by atoms with E-state index in [4.69, 9.17) is 0 Å². The van der Waals surface area contributed by atoms with Gasteiger partial charge in [-0.3, -0.25) is 0 Å². The normalized spacial score (nSPS) is 8.77. The second-order valence-electron chi connectivity index (χ2n) is 3.11. The number of allylic oxidation sites excluding steroid dienone is 2. The van der Waals surface area contributed by atoms with Crippen molar-refractivity contribution in [1.29, 1.82) is 0 Å². The molecule has 13 heavy (non-hydrogen) atoms.